The molecule has 3 heteroatoms. The molecule has 3 nitrogen and oxygen atoms in total. The van der Waals surface area contributed by atoms with E-state index in [4.69, 9.17) is 4.79 Å². The van der Waals surface area contributed by atoms with Gasteiger partial charge in [0.2, 0.25) is 0 Å². The number of ether oxygens (including phenoxy) is 1. The van der Waals surface area contributed by atoms with Gasteiger partial charge in [0.1, 0.15) is 0 Å². The molecule has 0 aliphatic heterocycles. The molecule has 1 aliphatic rings. The average molecular weight is 358 g/mol. The van der Waals surface area contributed by atoms with Crippen molar-refractivity contribution in [2.24, 2.45) is 11.8 Å². The van der Waals surface area contributed by atoms with Gasteiger partial charge in [-0.3, -0.25) is 4.79 Å². The number of allylic oxidation sites excluding steroid dienone is 2. The Balaban J connectivity index is 0.000000765. The number of benzene rings is 1. The summed E-state index contributed by atoms with van der Waals surface area (Å²) < 4.78 is 3.86. The lowest BCUT2D eigenvalue weighted by atomic mass is 9.77. The van der Waals surface area contributed by atoms with Gasteiger partial charge in [0, 0.05) is 13.1 Å². The van der Waals surface area contributed by atoms with E-state index >= 15 is 0 Å². The molecule has 0 radical (unpaired) electrons. The van der Waals surface area contributed by atoms with Crippen LogP contribution in [0.2, 0.25) is 0 Å². The maximum Gasteiger partial charge on any atom is 0.292 e. The highest BCUT2D eigenvalue weighted by molar-refractivity contribution is 5.49. The molecule has 2 atom stereocenters. The molecule has 144 valence electrons. The van der Waals surface area contributed by atoms with Crippen LogP contribution in [0, 0.1) is 11.8 Å². The highest BCUT2D eigenvalue weighted by Crippen LogP contribution is 2.34. The summed E-state index contributed by atoms with van der Waals surface area (Å²) in [6.07, 6.45) is 9.38. The van der Waals surface area contributed by atoms with Crippen molar-refractivity contribution in [3.05, 3.63) is 53.6 Å². The molecule has 0 saturated heterocycles. The van der Waals surface area contributed by atoms with E-state index in [1.807, 2.05) is 0 Å². The van der Waals surface area contributed by atoms with E-state index in [1.165, 1.54) is 56.0 Å². The van der Waals surface area contributed by atoms with Gasteiger partial charge < -0.3 is 9.64 Å². The fourth-order valence-corrected chi connectivity index (χ4v) is 3.73. The first-order valence-corrected chi connectivity index (χ1v) is 9.55. The van der Waals surface area contributed by atoms with Crippen LogP contribution in [0.25, 0.3) is 6.08 Å². The van der Waals surface area contributed by atoms with Crippen molar-refractivity contribution in [3.63, 3.8) is 0 Å². The molecule has 1 fully saturated rings. The van der Waals surface area contributed by atoms with Crippen LogP contribution < -0.4 is 0 Å². The van der Waals surface area contributed by atoms with Crippen LogP contribution in [-0.4, -0.2) is 32.1 Å². The fraction of sp³-hybridized carbons (Fsp3) is 0.522. The van der Waals surface area contributed by atoms with Gasteiger partial charge in [-0.2, -0.15) is 0 Å². The summed E-state index contributed by atoms with van der Waals surface area (Å²) in [6.45, 7) is 11.2. The lowest BCUT2D eigenvalue weighted by Gasteiger charge is -2.32. The average Bonchev–Trinajstić information content (AvgIpc) is 2.63. The lowest BCUT2D eigenvalue weighted by Crippen LogP contribution is -2.29. The van der Waals surface area contributed by atoms with Crippen molar-refractivity contribution in [1.82, 2.24) is 4.90 Å². The van der Waals surface area contributed by atoms with E-state index in [0.717, 1.165) is 18.4 Å². The van der Waals surface area contributed by atoms with Crippen LogP contribution in [-0.2, 0) is 16.1 Å². The van der Waals surface area contributed by atoms with E-state index in [1.54, 1.807) is 0 Å². The van der Waals surface area contributed by atoms with Gasteiger partial charge in [-0.25, -0.2) is 0 Å². The number of carbonyl (C=O) groups is 1. The molecular formula is C23H35NO2. The zero-order valence-corrected chi connectivity index (χ0v) is 16.9. The zero-order chi connectivity index (χ0) is 19.4. The van der Waals surface area contributed by atoms with Gasteiger partial charge in [0.25, 0.3) is 6.47 Å². The van der Waals surface area contributed by atoms with Crippen LogP contribution in [0.4, 0.5) is 0 Å². The Kier molecular flexibility index (Phi) is 10.6. The first kappa shape index (κ1) is 22.2. The highest BCUT2D eigenvalue weighted by Gasteiger charge is 2.23. The Morgan fingerprint density at radius 2 is 1.85 bits per heavy atom. The summed E-state index contributed by atoms with van der Waals surface area (Å²) in [4.78, 5) is 11.4. The first-order chi connectivity index (χ1) is 12.5. The molecule has 0 bridgehead atoms. The monoisotopic (exact) mass is 357 g/mol. The quantitative estimate of drug-likeness (QED) is 0.488. The van der Waals surface area contributed by atoms with E-state index in [9.17, 15) is 0 Å². The third kappa shape index (κ3) is 8.48. The molecule has 0 N–H and O–H groups in total. The van der Waals surface area contributed by atoms with Gasteiger partial charge in [0.15, 0.2) is 0 Å². The van der Waals surface area contributed by atoms with Crippen LogP contribution in [0.3, 0.4) is 0 Å². The Labute approximate surface area is 159 Å². The summed E-state index contributed by atoms with van der Waals surface area (Å²) in [5.74, 6) is 1.65. The molecule has 0 heterocycles. The molecule has 0 amide bonds. The van der Waals surface area contributed by atoms with Crippen molar-refractivity contribution in [1.29, 1.82) is 0 Å². The topological polar surface area (TPSA) is 29.5 Å². The molecule has 0 aromatic heterocycles. The maximum atomic E-state index is 8.95. The Morgan fingerprint density at radius 1 is 1.23 bits per heavy atom. The van der Waals surface area contributed by atoms with E-state index < -0.39 is 0 Å². The van der Waals surface area contributed by atoms with Crippen LogP contribution in [0.15, 0.2) is 42.5 Å². The van der Waals surface area contributed by atoms with Crippen molar-refractivity contribution < 1.29 is 9.53 Å². The van der Waals surface area contributed by atoms with Gasteiger partial charge in [-0.1, -0.05) is 61.9 Å². The first-order valence-electron chi connectivity index (χ1n) is 9.55. The van der Waals surface area contributed by atoms with Crippen molar-refractivity contribution in [3.8, 4) is 0 Å². The summed E-state index contributed by atoms with van der Waals surface area (Å²) in [5, 5.41) is 0. The standard InChI is InChI=1S/C21H31N.C2H4O2/c1-5-7-19-8-10-20(11-9-19)15-22(4)16-21-13-17(3)12-18(6-2)14-21;1-4-2-3/h5,7-11,18,21H,3,6,12-16H2,1-2,4H3;2H,1H3/b7-5+;. The minimum absolute atomic E-state index is 0.375. The fourth-order valence-electron chi connectivity index (χ4n) is 3.73. The summed E-state index contributed by atoms with van der Waals surface area (Å²) in [5.41, 5.74) is 4.15. The molecule has 1 aliphatic carbocycles. The number of nitrogens with zero attached hydrogens (tertiary/aromatic N) is 1. The van der Waals surface area contributed by atoms with Crippen molar-refractivity contribution in [2.75, 3.05) is 20.7 Å². The molecule has 1 aromatic rings. The second-order valence-corrected chi connectivity index (χ2v) is 7.30. The van der Waals surface area contributed by atoms with Gasteiger partial charge in [-0.15, -0.1) is 0 Å². The number of methoxy groups -OCH3 is 1. The van der Waals surface area contributed by atoms with Crippen LogP contribution in [0.1, 0.15) is 50.7 Å². The maximum absolute atomic E-state index is 8.95. The van der Waals surface area contributed by atoms with E-state index in [0.29, 0.717) is 6.47 Å². The second-order valence-electron chi connectivity index (χ2n) is 7.30. The predicted octanol–water partition coefficient (Wildman–Crippen LogP) is 5.32. The van der Waals surface area contributed by atoms with Crippen molar-refractivity contribution in [2.45, 2.75) is 46.1 Å². The molecule has 2 unspecified atom stereocenters. The van der Waals surface area contributed by atoms with Crippen LogP contribution in [0.5, 0.6) is 0 Å². The molecule has 1 aromatic carbocycles. The smallest absolute Gasteiger partial charge is 0.292 e. The minimum atomic E-state index is 0.375. The number of rotatable bonds is 7. The van der Waals surface area contributed by atoms with Crippen molar-refractivity contribution >= 4 is 12.5 Å². The Bertz CT molecular complexity index is 562. The SMILES string of the molecule is C=C1CC(CC)CC(CN(C)Cc2ccc(/C=C/C)cc2)C1.COC=O. The van der Waals surface area contributed by atoms with Gasteiger partial charge in [-0.05, 0) is 56.2 Å². The van der Waals surface area contributed by atoms with Gasteiger partial charge >= 0.3 is 0 Å². The second kappa shape index (κ2) is 12.5. The summed E-state index contributed by atoms with van der Waals surface area (Å²) in [6, 6.07) is 8.92. The number of carbonyl (C=O) groups excluding carboxylic acids is 1. The molecule has 1 saturated carbocycles. The molecule has 0 spiro atoms. The van der Waals surface area contributed by atoms with Gasteiger partial charge in [0.05, 0.1) is 7.11 Å². The molecule has 2 rings (SSSR count). The van der Waals surface area contributed by atoms with E-state index in [-0.39, 0.29) is 0 Å². The lowest BCUT2D eigenvalue weighted by molar-refractivity contribution is -0.126. The summed E-state index contributed by atoms with van der Waals surface area (Å²) >= 11 is 0. The molecule has 26 heavy (non-hydrogen) atoms. The predicted molar refractivity (Wildman–Crippen MR) is 111 cm³/mol. The normalized spacial score (nSPS) is 20.0. The summed E-state index contributed by atoms with van der Waals surface area (Å²) in [7, 11) is 3.56. The largest absolute Gasteiger partial charge is 0.471 e. The zero-order valence-electron chi connectivity index (χ0n) is 16.9. The highest BCUT2D eigenvalue weighted by atomic mass is 16.5. The Morgan fingerprint density at radius 3 is 2.38 bits per heavy atom. The third-order valence-electron chi connectivity index (χ3n) is 4.86. The third-order valence-corrected chi connectivity index (χ3v) is 4.86. The van der Waals surface area contributed by atoms with E-state index in [2.05, 4.69) is 73.5 Å². The van der Waals surface area contributed by atoms with Crippen LogP contribution >= 0.6 is 0 Å². The minimum Gasteiger partial charge on any atom is -0.471 e. The Hall–Kier alpha value is -1.87. The number of hydrogen-bond donors (Lipinski definition) is 0. The number of hydrogen-bond acceptors (Lipinski definition) is 3. The molecular weight excluding hydrogens is 322 g/mol.